The zero-order valence-corrected chi connectivity index (χ0v) is 11.0. The molecule has 0 saturated heterocycles. The summed E-state index contributed by atoms with van der Waals surface area (Å²) in [6.45, 7) is 0. The van der Waals surface area contributed by atoms with Crippen molar-refractivity contribution in [1.29, 1.82) is 0 Å². The van der Waals surface area contributed by atoms with Crippen molar-refractivity contribution in [1.82, 2.24) is 4.98 Å². The zero-order valence-electron chi connectivity index (χ0n) is 11.0. The van der Waals surface area contributed by atoms with Crippen LogP contribution in [-0.2, 0) is 0 Å². The summed E-state index contributed by atoms with van der Waals surface area (Å²) in [6, 6.07) is 7.03. The Kier molecular flexibility index (Phi) is 3.25. The van der Waals surface area contributed by atoms with Gasteiger partial charge in [-0.1, -0.05) is 0 Å². The molecule has 112 valence electrons. The minimum Gasteiger partial charge on any atom is -0.477 e. The van der Waals surface area contributed by atoms with Gasteiger partial charge < -0.3 is 15.4 Å². The van der Waals surface area contributed by atoms with Crippen LogP contribution in [-0.4, -0.2) is 16.1 Å². The number of halogens is 3. The van der Waals surface area contributed by atoms with Gasteiger partial charge in [-0.3, -0.25) is 0 Å². The number of aromatic carboxylic acids is 1. The predicted octanol–water partition coefficient (Wildman–Crippen LogP) is 4.03. The second-order valence-electron chi connectivity index (χ2n) is 4.63. The van der Waals surface area contributed by atoms with E-state index in [2.05, 4.69) is 10.3 Å². The molecule has 0 aliphatic carbocycles. The number of hydrogen-bond acceptors (Lipinski definition) is 2. The minimum atomic E-state index is -1.23. The first-order chi connectivity index (χ1) is 10.5. The highest BCUT2D eigenvalue weighted by Crippen LogP contribution is 2.29. The van der Waals surface area contributed by atoms with Crippen LogP contribution in [0.4, 0.5) is 24.5 Å². The lowest BCUT2D eigenvalue weighted by Crippen LogP contribution is -1.95. The molecule has 1 aromatic heterocycles. The van der Waals surface area contributed by atoms with Crippen molar-refractivity contribution < 1.29 is 23.1 Å². The Morgan fingerprint density at radius 3 is 2.41 bits per heavy atom. The first kappa shape index (κ1) is 14.0. The number of H-pyrrole nitrogens is 1. The van der Waals surface area contributed by atoms with E-state index in [1.807, 2.05) is 0 Å². The van der Waals surface area contributed by atoms with E-state index in [1.54, 1.807) is 0 Å². The minimum absolute atomic E-state index is 0.0185. The monoisotopic (exact) mass is 306 g/mol. The second kappa shape index (κ2) is 5.10. The van der Waals surface area contributed by atoms with Gasteiger partial charge in [-0.2, -0.15) is 0 Å². The van der Waals surface area contributed by atoms with Gasteiger partial charge in [0.2, 0.25) is 0 Å². The molecule has 1 heterocycles. The van der Waals surface area contributed by atoms with Crippen LogP contribution in [0.2, 0.25) is 0 Å². The summed E-state index contributed by atoms with van der Waals surface area (Å²) in [7, 11) is 0. The van der Waals surface area contributed by atoms with Gasteiger partial charge in [-0.25, -0.2) is 18.0 Å². The highest BCUT2D eigenvalue weighted by atomic mass is 19.2. The summed E-state index contributed by atoms with van der Waals surface area (Å²) >= 11 is 0. The van der Waals surface area contributed by atoms with Crippen LogP contribution in [0.25, 0.3) is 10.9 Å². The van der Waals surface area contributed by atoms with E-state index in [0.29, 0.717) is 11.1 Å². The van der Waals surface area contributed by atoms with Crippen molar-refractivity contribution in [2.75, 3.05) is 5.32 Å². The van der Waals surface area contributed by atoms with Gasteiger partial charge in [0, 0.05) is 22.8 Å². The highest BCUT2D eigenvalue weighted by molar-refractivity contribution is 6.00. The van der Waals surface area contributed by atoms with Crippen LogP contribution >= 0.6 is 0 Å². The standard InChI is InChI=1S/C15H9F3N2O2/c16-9-2-1-7(5-11(9)18)19-12-4-3-10(17)14-8(12)6-13(20-14)15(21)22/h1-6,19-20H,(H,21,22). The molecular formula is C15H9F3N2O2. The number of carbonyl (C=O) groups is 1. The molecule has 0 aliphatic rings. The molecule has 0 unspecified atom stereocenters. The first-order valence-corrected chi connectivity index (χ1v) is 6.22. The fourth-order valence-electron chi connectivity index (χ4n) is 2.14. The van der Waals surface area contributed by atoms with Crippen molar-refractivity contribution >= 4 is 28.2 Å². The number of benzene rings is 2. The number of nitrogens with one attached hydrogen (secondary N) is 2. The van der Waals surface area contributed by atoms with Crippen LogP contribution in [0.5, 0.6) is 0 Å². The van der Waals surface area contributed by atoms with E-state index < -0.39 is 23.4 Å². The van der Waals surface area contributed by atoms with Gasteiger partial charge in [0.25, 0.3) is 0 Å². The van der Waals surface area contributed by atoms with Crippen molar-refractivity contribution in [3.05, 3.63) is 59.5 Å². The number of aromatic amines is 1. The lowest BCUT2D eigenvalue weighted by atomic mass is 10.2. The molecule has 3 N–H and O–H groups in total. The predicted molar refractivity (Wildman–Crippen MR) is 74.9 cm³/mol. The van der Waals surface area contributed by atoms with Crippen LogP contribution in [0.1, 0.15) is 10.5 Å². The third kappa shape index (κ3) is 2.37. The SMILES string of the molecule is O=C(O)c1cc2c(Nc3ccc(F)c(F)c3)ccc(F)c2[nH]1. The molecule has 0 atom stereocenters. The van der Waals surface area contributed by atoms with Crippen LogP contribution in [0.3, 0.4) is 0 Å². The summed E-state index contributed by atoms with van der Waals surface area (Å²) in [5, 5.41) is 12.1. The van der Waals surface area contributed by atoms with Gasteiger partial charge in [0.1, 0.15) is 11.5 Å². The molecule has 0 saturated carbocycles. The normalized spacial score (nSPS) is 10.9. The Morgan fingerprint density at radius 1 is 1.00 bits per heavy atom. The van der Waals surface area contributed by atoms with Crippen LogP contribution in [0.15, 0.2) is 36.4 Å². The Balaban J connectivity index is 2.08. The Morgan fingerprint density at radius 2 is 1.73 bits per heavy atom. The third-order valence-electron chi connectivity index (χ3n) is 3.17. The molecule has 0 spiro atoms. The fourth-order valence-corrected chi connectivity index (χ4v) is 2.14. The summed E-state index contributed by atoms with van der Waals surface area (Å²) in [5.41, 5.74) is 0.467. The Labute approximate surface area is 122 Å². The molecule has 0 bridgehead atoms. The molecule has 0 radical (unpaired) electrons. The summed E-state index contributed by atoms with van der Waals surface area (Å²) in [6.07, 6.45) is 0. The number of anilines is 2. The molecule has 0 fully saturated rings. The lowest BCUT2D eigenvalue weighted by Gasteiger charge is -2.08. The van der Waals surface area contributed by atoms with Gasteiger partial charge >= 0.3 is 5.97 Å². The lowest BCUT2D eigenvalue weighted by molar-refractivity contribution is 0.0691. The largest absolute Gasteiger partial charge is 0.477 e. The maximum absolute atomic E-state index is 13.7. The average Bonchev–Trinajstić information content (AvgIpc) is 2.92. The van der Waals surface area contributed by atoms with Crippen molar-refractivity contribution in [2.24, 2.45) is 0 Å². The van der Waals surface area contributed by atoms with Gasteiger partial charge in [-0.05, 0) is 30.3 Å². The molecule has 3 aromatic rings. The molecule has 4 nitrogen and oxygen atoms in total. The van der Waals surface area contributed by atoms with Crippen molar-refractivity contribution in [3.8, 4) is 0 Å². The van der Waals surface area contributed by atoms with E-state index in [-0.39, 0.29) is 16.9 Å². The number of aromatic nitrogens is 1. The Bertz CT molecular complexity index is 890. The molecule has 2 aromatic carbocycles. The second-order valence-corrected chi connectivity index (χ2v) is 4.63. The van der Waals surface area contributed by atoms with Crippen molar-refractivity contribution in [2.45, 2.75) is 0 Å². The van der Waals surface area contributed by atoms with Crippen LogP contribution < -0.4 is 5.32 Å². The van der Waals surface area contributed by atoms with E-state index in [4.69, 9.17) is 5.11 Å². The molecule has 7 heteroatoms. The van der Waals surface area contributed by atoms with Gasteiger partial charge in [0.15, 0.2) is 11.6 Å². The molecule has 22 heavy (non-hydrogen) atoms. The number of carboxylic acids is 1. The molecule has 0 aliphatic heterocycles. The number of carboxylic acid groups (broad SMARTS) is 1. The van der Waals surface area contributed by atoms with E-state index in [9.17, 15) is 18.0 Å². The average molecular weight is 306 g/mol. The zero-order chi connectivity index (χ0) is 15.9. The van der Waals surface area contributed by atoms with E-state index in [0.717, 1.165) is 18.2 Å². The summed E-state index contributed by atoms with van der Waals surface area (Å²) in [4.78, 5) is 13.4. The summed E-state index contributed by atoms with van der Waals surface area (Å²) < 4.78 is 39.9. The molecule has 0 amide bonds. The quantitative estimate of drug-likeness (QED) is 0.684. The molecule has 3 rings (SSSR count). The van der Waals surface area contributed by atoms with Crippen molar-refractivity contribution in [3.63, 3.8) is 0 Å². The first-order valence-electron chi connectivity index (χ1n) is 6.22. The number of rotatable bonds is 3. The fraction of sp³-hybridized carbons (Fsp3) is 0. The maximum Gasteiger partial charge on any atom is 0.352 e. The van der Waals surface area contributed by atoms with E-state index in [1.165, 1.54) is 18.2 Å². The summed E-state index contributed by atoms with van der Waals surface area (Å²) in [5.74, 6) is -3.85. The number of fused-ring (bicyclic) bond motifs is 1. The van der Waals surface area contributed by atoms with E-state index >= 15 is 0 Å². The van der Waals surface area contributed by atoms with Gasteiger partial charge in [0.05, 0.1) is 5.52 Å². The topological polar surface area (TPSA) is 65.1 Å². The Hall–Kier alpha value is -2.96. The molecular weight excluding hydrogens is 297 g/mol. The van der Waals surface area contributed by atoms with Crippen LogP contribution in [0, 0.1) is 17.5 Å². The highest BCUT2D eigenvalue weighted by Gasteiger charge is 2.14. The number of hydrogen-bond donors (Lipinski definition) is 3. The van der Waals surface area contributed by atoms with Gasteiger partial charge in [-0.15, -0.1) is 0 Å². The maximum atomic E-state index is 13.7. The smallest absolute Gasteiger partial charge is 0.352 e. The third-order valence-corrected chi connectivity index (χ3v) is 3.17.